The third kappa shape index (κ3) is 15.4. The molecule has 3 N–H and O–H groups in total. The van der Waals surface area contributed by atoms with Gasteiger partial charge in [-0.25, -0.2) is 4.79 Å². The number of benzene rings is 1. The van der Waals surface area contributed by atoms with Gasteiger partial charge in [-0.3, -0.25) is 9.59 Å². The molecule has 0 aliphatic rings. The van der Waals surface area contributed by atoms with E-state index in [9.17, 15) is 24.6 Å². The van der Waals surface area contributed by atoms with E-state index < -0.39 is 23.4 Å². The Balaban J connectivity index is 2.40. The molecule has 0 spiro atoms. The molecule has 1 amide bonds. The maximum absolute atomic E-state index is 12.9. The van der Waals surface area contributed by atoms with Crippen LogP contribution in [0.1, 0.15) is 128 Å². The van der Waals surface area contributed by atoms with Crippen LogP contribution in [-0.4, -0.2) is 40.0 Å². The summed E-state index contributed by atoms with van der Waals surface area (Å²) in [5, 5.41) is 22.9. The first-order valence-electron chi connectivity index (χ1n) is 15.7. The summed E-state index contributed by atoms with van der Waals surface area (Å²) in [4.78, 5) is 36.5. The van der Waals surface area contributed by atoms with Gasteiger partial charge in [0.25, 0.3) is 0 Å². The number of hydrogen-bond acceptors (Lipinski definition) is 4. The Hall–Kier alpha value is -2.47. The van der Waals surface area contributed by atoms with Gasteiger partial charge in [0.1, 0.15) is 5.78 Å². The number of rotatable bonds is 24. The highest BCUT2D eigenvalue weighted by Crippen LogP contribution is 2.21. The fraction of sp³-hybridized carbons (Fsp3) is 0.676. The summed E-state index contributed by atoms with van der Waals surface area (Å²) in [5.41, 5.74) is 0.216. The van der Waals surface area contributed by atoms with E-state index in [1.54, 1.807) is 6.08 Å². The minimum absolute atomic E-state index is 0.362. The van der Waals surface area contributed by atoms with Crippen LogP contribution in [0.15, 0.2) is 36.4 Å². The van der Waals surface area contributed by atoms with E-state index in [1.165, 1.54) is 57.1 Å². The minimum Gasteiger partial charge on any atom is -0.479 e. The topological polar surface area (TPSA) is 104 Å². The van der Waals surface area contributed by atoms with Crippen LogP contribution < -0.4 is 5.32 Å². The number of carbonyl (C=O) groups is 3. The number of ketones is 1. The highest BCUT2D eigenvalue weighted by Gasteiger charge is 2.42. The largest absolute Gasteiger partial charge is 0.479 e. The minimum atomic E-state index is -2.20. The van der Waals surface area contributed by atoms with Crippen LogP contribution >= 0.6 is 0 Å². The molecule has 6 heteroatoms. The number of unbranched alkanes of at least 4 members (excludes halogenated alkanes) is 10. The second kappa shape index (κ2) is 21.3. The van der Waals surface area contributed by atoms with Crippen molar-refractivity contribution in [2.45, 2.75) is 136 Å². The smallest absolute Gasteiger partial charge is 0.336 e. The zero-order chi connectivity index (χ0) is 29.6. The predicted octanol–water partition coefficient (Wildman–Crippen LogP) is 7.36. The average molecular weight is 558 g/mol. The van der Waals surface area contributed by atoms with E-state index in [4.69, 9.17) is 0 Å². The van der Waals surface area contributed by atoms with E-state index in [1.807, 2.05) is 0 Å². The number of nitrogens with one attached hydrogen (secondary N) is 1. The SMILES string of the molecule is CCCCCCCC(=O)CCCCCC/C=C/[C@H](C(=O)NCCc1ccc(CCCCC)cc1)[C@](C)(O)C(=O)O. The van der Waals surface area contributed by atoms with E-state index in [0.29, 0.717) is 38.0 Å². The summed E-state index contributed by atoms with van der Waals surface area (Å²) in [6.45, 7) is 5.92. The van der Waals surface area contributed by atoms with Crippen LogP contribution in [0.4, 0.5) is 0 Å². The maximum atomic E-state index is 12.9. The third-order valence-corrected chi connectivity index (χ3v) is 7.59. The molecule has 0 aliphatic heterocycles. The number of allylic oxidation sites excluding steroid dienone is 1. The number of Topliss-reactive ketones (excluding diaryl/α,β-unsaturated/α-hetero) is 1. The Morgan fingerprint density at radius 3 is 1.90 bits per heavy atom. The van der Waals surface area contributed by atoms with Gasteiger partial charge in [0, 0.05) is 19.4 Å². The summed E-state index contributed by atoms with van der Waals surface area (Å²) in [6.07, 6.45) is 20.2. The van der Waals surface area contributed by atoms with Gasteiger partial charge in [0.2, 0.25) is 5.91 Å². The number of carboxylic acids is 1. The average Bonchev–Trinajstić information content (AvgIpc) is 2.92. The van der Waals surface area contributed by atoms with Gasteiger partial charge in [0.15, 0.2) is 5.60 Å². The van der Waals surface area contributed by atoms with E-state index in [-0.39, 0.29) is 0 Å². The van der Waals surface area contributed by atoms with E-state index in [2.05, 4.69) is 43.4 Å². The first-order valence-corrected chi connectivity index (χ1v) is 15.7. The second-order valence-corrected chi connectivity index (χ2v) is 11.3. The molecule has 0 aromatic heterocycles. The van der Waals surface area contributed by atoms with Crippen LogP contribution in [0.25, 0.3) is 0 Å². The number of hydrogen-bond donors (Lipinski definition) is 3. The molecule has 0 heterocycles. The zero-order valence-corrected chi connectivity index (χ0v) is 25.4. The molecule has 0 saturated heterocycles. The highest BCUT2D eigenvalue weighted by molar-refractivity contribution is 5.90. The molecular weight excluding hydrogens is 502 g/mol. The molecule has 226 valence electrons. The Bertz CT molecular complexity index is 875. The van der Waals surface area contributed by atoms with E-state index >= 15 is 0 Å². The van der Waals surface area contributed by atoms with Gasteiger partial charge in [0.05, 0.1) is 5.92 Å². The van der Waals surface area contributed by atoms with Crippen LogP contribution in [0.5, 0.6) is 0 Å². The lowest BCUT2D eigenvalue weighted by molar-refractivity contribution is -0.163. The molecule has 6 nitrogen and oxygen atoms in total. The number of aliphatic carboxylic acids is 1. The van der Waals surface area contributed by atoms with Gasteiger partial charge in [-0.1, -0.05) is 102 Å². The summed E-state index contributed by atoms with van der Waals surface area (Å²) < 4.78 is 0. The van der Waals surface area contributed by atoms with Crippen molar-refractivity contribution >= 4 is 17.7 Å². The molecule has 0 radical (unpaired) electrons. The summed E-state index contributed by atoms with van der Waals surface area (Å²) in [6, 6.07) is 8.40. The molecule has 0 bridgehead atoms. The van der Waals surface area contributed by atoms with Crippen molar-refractivity contribution < 1.29 is 24.6 Å². The molecule has 0 saturated carbocycles. The lowest BCUT2D eigenvalue weighted by Crippen LogP contribution is -2.49. The van der Waals surface area contributed by atoms with Crippen molar-refractivity contribution in [1.82, 2.24) is 5.32 Å². The molecule has 1 aromatic carbocycles. The molecule has 2 atom stereocenters. The van der Waals surface area contributed by atoms with Gasteiger partial charge in [-0.15, -0.1) is 0 Å². The lowest BCUT2D eigenvalue weighted by atomic mass is 9.87. The highest BCUT2D eigenvalue weighted by atomic mass is 16.4. The molecule has 0 fully saturated rings. The predicted molar refractivity (Wildman–Crippen MR) is 163 cm³/mol. The quantitative estimate of drug-likeness (QED) is 0.0910. The maximum Gasteiger partial charge on any atom is 0.336 e. The fourth-order valence-corrected chi connectivity index (χ4v) is 4.78. The fourth-order valence-electron chi connectivity index (χ4n) is 4.78. The van der Waals surface area contributed by atoms with Gasteiger partial charge >= 0.3 is 5.97 Å². The molecular formula is C34H55NO5. The standard InChI is InChI=1S/C34H55NO5/c1-4-6-8-11-15-19-30(36)20-16-12-9-10-13-17-21-31(34(3,40)33(38)39)32(37)35-27-26-29-24-22-28(23-25-29)18-14-7-5-2/h17,21-25,31,40H,4-16,18-20,26-27H2,1-3H3,(H,35,37)(H,38,39)/b21-17+/t31-,34+/m1/s1. The number of aryl methyl sites for hydroxylation is 1. The Kier molecular flexibility index (Phi) is 18.9. The van der Waals surface area contributed by atoms with Crippen LogP contribution in [0.3, 0.4) is 0 Å². The van der Waals surface area contributed by atoms with Gasteiger partial charge in [-0.05, 0) is 63.0 Å². The number of aliphatic hydroxyl groups is 1. The Labute approximate surface area is 243 Å². The van der Waals surface area contributed by atoms with Gasteiger partial charge in [-0.2, -0.15) is 0 Å². The van der Waals surface area contributed by atoms with Crippen LogP contribution in [-0.2, 0) is 27.2 Å². The molecule has 0 unspecified atom stereocenters. The van der Waals surface area contributed by atoms with Crippen molar-refractivity contribution in [3.05, 3.63) is 47.5 Å². The van der Waals surface area contributed by atoms with E-state index in [0.717, 1.165) is 50.5 Å². The number of carboxylic acid groups (broad SMARTS) is 1. The monoisotopic (exact) mass is 557 g/mol. The summed E-state index contributed by atoms with van der Waals surface area (Å²) >= 11 is 0. The molecule has 0 aliphatic carbocycles. The molecule has 1 rings (SSSR count). The molecule has 1 aromatic rings. The second-order valence-electron chi connectivity index (χ2n) is 11.3. The first kappa shape index (κ1) is 35.6. The summed E-state index contributed by atoms with van der Waals surface area (Å²) in [5.74, 6) is -2.74. The van der Waals surface area contributed by atoms with Gasteiger partial charge < -0.3 is 15.5 Å². The first-order chi connectivity index (χ1) is 19.2. The third-order valence-electron chi connectivity index (χ3n) is 7.59. The lowest BCUT2D eigenvalue weighted by Gasteiger charge is -2.25. The van der Waals surface area contributed by atoms with Crippen molar-refractivity contribution in [2.75, 3.05) is 6.54 Å². The van der Waals surface area contributed by atoms with Crippen molar-refractivity contribution in [3.63, 3.8) is 0 Å². The number of amides is 1. The van der Waals surface area contributed by atoms with Crippen molar-refractivity contribution in [2.24, 2.45) is 5.92 Å². The molecule has 40 heavy (non-hydrogen) atoms. The Morgan fingerprint density at radius 2 is 1.32 bits per heavy atom. The van der Waals surface area contributed by atoms with Crippen molar-refractivity contribution in [1.29, 1.82) is 0 Å². The normalized spacial score (nSPS) is 13.7. The van der Waals surface area contributed by atoms with Crippen LogP contribution in [0.2, 0.25) is 0 Å². The Morgan fingerprint density at radius 1 is 0.800 bits per heavy atom. The van der Waals surface area contributed by atoms with Crippen LogP contribution in [0, 0.1) is 5.92 Å². The number of carbonyl (C=O) groups excluding carboxylic acids is 2. The summed E-state index contributed by atoms with van der Waals surface area (Å²) in [7, 11) is 0. The zero-order valence-electron chi connectivity index (χ0n) is 25.4. The van der Waals surface area contributed by atoms with Crippen molar-refractivity contribution in [3.8, 4) is 0 Å².